The highest BCUT2D eigenvalue weighted by Gasteiger charge is 2.60. The van der Waals surface area contributed by atoms with Crippen molar-refractivity contribution in [1.29, 1.82) is 0 Å². The van der Waals surface area contributed by atoms with Gasteiger partial charge in [0.25, 0.3) is 5.91 Å². The minimum Gasteiger partial charge on any atom is -0.497 e. The van der Waals surface area contributed by atoms with E-state index >= 15 is 0 Å². The zero-order chi connectivity index (χ0) is 25.6. The van der Waals surface area contributed by atoms with E-state index in [9.17, 15) is 14.4 Å². The molecule has 2 aliphatic heterocycles. The van der Waals surface area contributed by atoms with E-state index in [2.05, 4.69) is 10.3 Å². The van der Waals surface area contributed by atoms with E-state index in [0.717, 1.165) is 27.7 Å². The average Bonchev–Trinajstić information content (AvgIpc) is 3.35. The summed E-state index contributed by atoms with van der Waals surface area (Å²) in [5.74, 6) is 0.104. The first-order chi connectivity index (χ1) is 17.3. The van der Waals surface area contributed by atoms with Crippen LogP contribution in [0.4, 0.5) is 4.79 Å². The van der Waals surface area contributed by atoms with Crippen molar-refractivity contribution in [3.05, 3.63) is 65.4 Å². The number of ether oxygens (including phenoxy) is 1. The molecule has 0 spiro atoms. The highest BCUT2D eigenvalue weighted by atomic mass is 16.5. The Morgan fingerprint density at radius 2 is 1.94 bits per heavy atom. The lowest BCUT2D eigenvalue weighted by Crippen LogP contribution is -2.51. The third-order valence-corrected chi connectivity index (χ3v) is 7.41. The summed E-state index contributed by atoms with van der Waals surface area (Å²) in [5.41, 5.74) is 2.45. The zero-order valence-corrected chi connectivity index (χ0v) is 21.1. The summed E-state index contributed by atoms with van der Waals surface area (Å²) in [7, 11) is 1.59. The molecule has 2 atom stereocenters. The van der Waals surface area contributed by atoms with Crippen LogP contribution in [0.2, 0.25) is 0 Å². The second-order valence-electron chi connectivity index (χ2n) is 10.2. The molecule has 8 heteroatoms. The molecule has 3 heterocycles. The molecule has 1 saturated heterocycles. The molecule has 4 amide bonds. The minimum atomic E-state index is -1.17. The Labute approximate surface area is 210 Å². The number of nitrogens with zero attached hydrogens (tertiary/aromatic N) is 2. The molecule has 0 bridgehead atoms. The van der Waals surface area contributed by atoms with Gasteiger partial charge >= 0.3 is 6.03 Å². The SMILES string of the molecule is COc1cccc(CNC(=O)[C@@H](CC(C)C)N2C(=O)N3CCc4c([nH]c5ccccc45)[C@@]3(C)C2=O)c1. The predicted octanol–water partition coefficient (Wildman–Crippen LogP) is 3.94. The minimum absolute atomic E-state index is 0.104. The van der Waals surface area contributed by atoms with Gasteiger partial charge in [-0.05, 0) is 55.0 Å². The van der Waals surface area contributed by atoms with Gasteiger partial charge in [0.15, 0.2) is 5.54 Å². The Bertz CT molecular complexity index is 1350. The van der Waals surface area contributed by atoms with Crippen molar-refractivity contribution in [3.8, 4) is 5.75 Å². The number of benzene rings is 2. The number of H-pyrrole nitrogens is 1. The number of para-hydroxylation sites is 1. The lowest BCUT2D eigenvalue weighted by atomic mass is 9.87. The van der Waals surface area contributed by atoms with Crippen molar-refractivity contribution in [2.24, 2.45) is 5.92 Å². The van der Waals surface area contributed by atoms with Gasteiger partial charge in [0.05, 0.1) is 12.8 Å². The summed E-state index contributed by atoms with van der Waals surface area (Å²) in [4.78, 5) is 47.4. The number of hydrogen-bond donors (Lipinski definition) is 2. The van der Waals surface area contributed by atoms with Gasteiger partial charge < -0.3 is 19.9 Å². The fourth-order valence-corrected chi connectivity index (χ4v) is 5.56. The second-order valence-corrected chi connectivity index (χ2v) is 10.2. The van der Waals surface area contributed by atoms with E-state index in [4.69, 9.17) is 4.74 Å². The van der Waals surface area contributed by atoms with E-state index in [-0.39, 0.29) is 24.3 Å². The molecular weight excluding hydrogens is 456 g/mol. The topological polar surface area (TPSA) is 94.7 Å². The van der Waals surface area contributed by atoms with Crippen LogP contribution >= 0.6 is 0 Å². The molecule has 0 aliphatic carbocycles. The number of nitrogens with one attached hydrogen (secondary N) is 2. The van der Waals surface area contributed by atoms with E-state index in [0.29, 0.717) is 25.1 Å². The molecule has 0 saturated carbocycles. The van der Waals surface area contributed by atoms with Crippen LogP contribution in [-0.2, 0) is 28.1 Å². The lowest BCUT2D eigenvalue weighted by Gasteiger charge is -2.36. The first-order valence-electron chi connectivity index (χ1n) is 12.4. The Hall–Kier alpha value is -3.81. The summed E-state index contributed by atoms with van der Waals surface area (Å²) in [6.45, 7) is 6.46. The van der Waals surface area contributed by atoms with Crippen molar-refractivity contribution >= 4 is 28.7 Å². The molecule has 2 aromatic carbocycles. The Balaban J connectivity index is 1.46. The van der Waals surface area contributed by atoms with Gasteiger partial charge in [0.2, 0.25) is 5.91 Å². The van der Waals surface area contributed by atoms with Crippen LogP contribution in [-0.4, -0.2) is 52.3 Å². The molecule has 1 aromatic heterocycles. The van der Waals surface area contributed by atoms with Gasteiger partial charge in [0, 0.05) is 24.0 Å². The number of aromatic nitrogens is 1. The number of imide groups is 1. The first kappa shape index (κ1) is 23.9. The monoisotopic (exact) mass is 488 g/mol. The van der Waals surface area contributed by atoms with Crippen LogP contribution in [0.15, 0.2) is 48.5 Å². The van der Waals surface area contributed by atoms with Crippen LogP contribution in [0.25, 0.3) is 10.9 Å². The van der Waals surface area contributed by atoms with E-state index in [1.807, 2.05) is 62.4 Å². The number of methoxy groups -OCH3 is 1. The van der Waals surface area contributed by atoms with Crippen LogP contribution < -0.4 is 10.1 Å². The van der Waals surface area contributed by atoms with Crippen molar-refractivity contribution in [1.82, 2.24) is 20.1 Å². The maximum absolute atomic E-state index is 14.0. The van der Waals surface area contributed by atoms with E-state index < -0.39 is 17.6 Å². The maximum atomic E-state index is 14.0. The summed E-state index contributed by atoms with van der Waals surface area (Å²) in [6, 6.07) is 14.1. The van der Waals surface area contributed by atoms with Crippen molar-refractivity contribution in [2.75, 3.05) is 13.7 Å². The first-order valence-corrected chi connectivity index (χ1v) is 12.4. The Morgan fingerprint density at radius 3 is 2.69 bits per heavy atom. The quantitative estimate of drug-likeness (QED) is 0.493. The molecular formula is C28H32N4O4. The molecule has 0 unspecified atom stereocenters. The normalized spacial score (nSPS) is 20.0. The number of amides is 4. The van der Waals surface area contributed by atoms with Crippen LogP contribution in [0.1, 0.15) is 44.0 Å². The van der Waals surface area contributed by atoms with Gasteiger partial charge in [-0.15, -0.1) is 0 Å². The number of carbonyl (C=O) groups is 3. The Morgan fingerprint density at radius 1 is 1.17 bits per heavy atom. The summed E-state index contributed by atoms with van der Waals surface area (Å²) in [6.07, 6.45) is 1.03. The highest BCUT2D eigenvalue weighted by Crippen LogP contribution is 2.45. The van der Waals surface area contributed by atoms with Gasteiger partial charge in [-0.25, -0.2) is 9.69 Å². The van der Waals surface area contributed by atoms with Gasteiger partial charge in [-0.3, -0.25) is 9.59 Å². The fraction of sp³-hybridized carbons (Fsp3) is 0.393. The maximum Gasteiger partial charge on any atom is 0.328 e. The number of rotatable bonds is 7. The Kier molecular flexibility index (Phi) is 5.98. The van der Waals surface area contributed by atoms with Crippen molar-refractivity contribution in [2.45, 2.75) is 51.7 Å². The smallest absolute Gasteiger partial charge is 0.328 e. The molecule has 188 valence electrons. The molecule has 2 aliphatic rings. The standard InChI is InChI=1S/C28H32N4O4/c1-17(2)14-23(25(33)29-16-18-8-7-9-19(15-18)36-4)32-26(34)28(3)24-21(12-13-31(28)27(32)35)20-10-5-6-11-22(20)30-24/h5-11,15,17,23,30H,12-14,16H2,1-4H3,(H,29,33)/t23-,28+/m1/s1. The number of urea groups is 1. The van der Waals surface area contributed by atoms with Gasteiger partial charge in [-0.2, -0.15) is 0 Å². The molecule has 36 heavy (non-hydrogen) atoms. The van der Waals surface area contributed by atoms with E-state index in [1.165, 1.54) is 4.90 Å². The van der Waals surface area contributed by atoms with Crippen molar-refractivity contribution in [3.63, 3.8) is 0 Å². The van der Waals surface area contributed by atoms with Gasteiger partial charge in [-0.1, -0.05) is 44.2 Å². The summed E-state index contributed by atoms with van der Waals surface area (Å²) in [5, 5.41) is 4.01. The van der Waals surface area contributed by atoms with E-state index in [1.54, 1.807) is 18.9 Å². The summed E-state index contributed by atoms with van der Waals surface area (Å²) >= 11 is 0. The molecule has 3 aromatic rings. The number of fused-ring (bicyclic) bond motifs is 5. The third kappa shape index (κ3) is 3.72. The molecule has 2 N–H and O–H groups in total. The van der Waals surface area contributed by atoms with Crippen molar-refractivity contribution < 1.29 is 19.1 Å². The highest BCUT2D eigenvalue weighted by molar-refractivity contribution is 6.11. The molecule has 0 radical (unpaired) electrons. The largest absolute Gasteiger partial charge is 0.497 e. The number of carbonyl (C=O) groups excluding carboxylic acids is 3. The average molecular weight is 489 g/mol. The third-order valence-electron chi connectivity index (χ3n) is 7.41. The predicted molar refractivity (Wildman–Crippen MR) is 136 cm³/mol. The zero-order valence-electron chi connectivity index (χ0n) is 21.1. The summed E-state index contributed by atoms with van der Waals surface area (Å²) < 4.78 is 5.27. The fourth-order valence-electron chi connectivity index (χ4n) is 5.56. The van der Waals surface area contributed by atoms with Gasteiger partial charge in [0.1, 0.15) is 11.8 Å². The molecule has 1 fully saturated rings. The van der Waals surface area contributed by atoms with Crippen LogP contribution in [0.5, 0.6) is 5.75 Å². The van der Waals surface area contributed by atoms with Crippen LogP contribution in [0.3, 0.4) is 0 Å². The number of hydrogen-bond acceptors (Lipinski definition) is 4. The number of aromatic amines is 1. The van der Waals surface area contributed by atoms with Crippen LogP contribution in [0, 0.1) is 5.92 Å². The second kappa shape index (κ2) is 9.00. The molecule has 8 nitrogen and oxygen atoms in total. The molecule has 5 rings (SSSR count). The lowest BCUT2D eigenvalue weighted by molar-refractivity contribution is -0.140.